The fraction of sp³-hybridized carbons (Fsp3) is 0.600. The standard InChI is InChI=1S/C15H23ClN4O/c1-17-14-13(16)9-12(10-19-14)15(21)18-6-3-11-4-7-20(2)8-5-11/h9-11H,3-8H2,1-2H3,(H,17,19)(H,18,21). The van der Waals surface area contributed by atoms with Crippen LogP contribution in [-0.2, 0) is 0 Å². The molecule has 0 unspecified atom stereocenters. The van der Waals surface area contributed by atoms with Crippen LogP contribution in [0.3, 0.4) is 0 Å². The lowest BCUT2D eigenvalue weighted by Gasteiger charge is -2.28. The van der Waals surface area contributed by atoms with E-state index in [0.717, 1.165) is 25.4 Å². The normalized spacial score (nSPS) is 16.7. The minimum atomic E-state index is -0.111. The van der Waals surface area contributed by atoms with Gasteiger partial charge in [0.25, 0.3) is 5.91 Å². The zero-order chi connectivity index (χ0) is 15.2. The van der Waals surface area contributed by atoms with Crippen LogP contribution in [0.15, 0.2) is 12.3 Å². The van der Waals surface area contributed by atoms with Crippen LogP contribution in [0.25, 0.3) is 0 Å². The minimum Gasteiger partial charge on any atom is -0.372 e. The first-order chi connectivity index (χ1) is 10.1. The van der Waals surface area contributed by atoms with Crippen LogP contribution in [-0.4, -0.2) is 49.5 Å². The van der Waals surface area contributed by atoms with Crippen LogP contribution >= 0.6 is 11.6 Å². The Hall–Kier alpha value is -1.33. The third-order valence-electron chi connectivity index (χ3n) is 4.02. The van der Waals surface area contributed by atoms with E-state index >= 15 is 0 Å². The molecule has 1 aromatic rings. The summed E-state index contributed by atoms with van der Waals surface area (Å²) >= 11 is 6.03. The summed E-state index contributed by atoms with van der Waals surface area (Å²) in [5.74, 6) is 1.19. The van der Waals surface area contributed by atoms with Gasteiger partial charge in [-0.2, -0.15) is 0 Å². The fourth-order valence-corrected chi connectivity index (χ4v) is 2.85. The van der Waals surface area contributed by atoms with Gasteiger partial charge < -0.3 is 15.5 Å². The Morgan fingerprint density at radius 3 is 2.81 bits per heavy atom. The number of aromatic nitrogens is 1. The number of halogens is 1. The molecule has 0 saturated carbocycles. The number of rotatable bonds is 5. The van der Waals surface area contributed by atoms with Crippen molar-refractivity contribution in [3.05, 3.63) is 22.8 Å². The number of likely N-dealkylation sites (tertiary alicyclic amines) is 1. The number of anilines is 1. The van der Waals surface area contributed by atoms with E-state index in [9.17, 15) is 4.79 Å². The van der Waals surface area contributed by atoms with Crippen LogP contribution in [0.2, 0.25) is 5.02 Å². The van der Waals surface area contributed by atoms with Gasteiger partial charge in [0.2, 0.25) is 0 Å². The van der Waals surface area contributed by atoms with Gasteiger partial charge in [0, 0.05) is 19.8 Å². The molecule has 116 valence electrons. The maximum Gasteiger partial charge on any atom is 0.252 e. The molecular formula is C15H23ClN4O. The Labute approximate surface area is 131 Å². The first-order valence-corrected chi connectivity index (χ1v) is 7.78. The smallest absolute Gasteiger partial charge is 0.252 e. The molecule has 1 fully saturated rings. The molecule has 0 bridgehead atoms. The number of carbonyl (C=O) groups is 1. The Bertz CT molecular complexity index is 487. The van der Waals surface area contributed by atoms with Gasteiger partial charge in [-0.25, -0.2) is 4.98 Å². The number of nitrogens with zero attached hydrogens (tertiary/aromatic N) is 2. The molecule has 2 rings (SSSR count). The lowest BCUT2D eigenvalue weighted by molar-refractivity contribution is 0.0948. The van der Waals surface area contributed by atoms with Crippen LogP contribution in [0, 0.1) is 5.92 Å². The number of hydrogen-bond donors (Lipinski definition) is 2. The summed E-state index contributed by atoms with van der Waals surface area (Å²) < 4.78 is 0. The van der Waals surface area contributed by atoms with Crippen molar-refractivity contribution in [2.75, 3.05) is 39.0 Å². The molecule has 0 aromatic carbocycles. The summed E-state index contributed by atoms with van der Waals surface area (Å²) in [6, 6.07) is 1.64. The molecule has 1 aliphatic heterocycles. The minimum absolute atomic E-state index is 0.111. The molecule has 1 aliphatic rings. The van der Waals surface area contributed by atoms with E-state index in [-0.39, 0.29) is 5.91 Å². The van der Waals surface area contributed by atoms with Crippen LogP contribution in [0.5, 0.6) is 0 Å². The van der Waals surface area contributed by atoms with Crippen molar-refractivity contribution in [3.8, 4) is 0 Å². The number of carbonyl (C=O) groups excluding carboxylic acids is 1. The van der Waals surface area contributed by atoms with E-state index in [1.807, 2.05) is 0 Å². The fourth-order valence-electron chi connectivity index (χ4n) is 2.59. The molecule has 0 radical (unpaired) electrons. The lowest BCUT2D eigenvalue weighted by atomic mass is 9.94. The summed E-state index contributed by atoms with van der Waals surface area (Å²) in [5, 5.41) is 6.28. The predicted molar refractivity (Wildman–Crippen MR) is 86.0 cm³/mol. The van der Waals surface area contributed by atoms with Gasteiger partial charge in [-0.3, -0.25) is 4.79 Å². The van der Waals surface area contributed by atoms with E-state index in [2.05, 4.69) is 27.6 Å². The van der Waals surface area contributed by atoms with Crippen molar-refractivity contribution in [3.63, 3.8) is 0 Å². The summed E-state index contributed by atoms with van der Waals surface area (Å²) in [6.45, 7) is 3.02. The van der Waals surface area contributed by atoms with E-state index in [4.69, 9.17) is 11.6 Å². The maximum absolute atomic E-state index is 12.1. The molecule has 2 N–H and O–H groups in total. The first-order valence-electron chi connectivity index (χ1n) is 7.40. The van der Waals surface area contributed by atoms with Crippen molar-refractivity contribution in [2.45, 2.75) is 19.3 Å². The SMILES string of the molecule is CNc1ncc(C(=O)NCCC2CCN(C)CC2)cc1Cl. The van der Waals surface area contributed by atoms with E-state index in [0.29, 0.717) is 22.9 Å². The highest BCUT2D eigenvalue weighted by atomic mass is 35.5. The lowest BCUT2D eigenvalue weighted by Crippen LogP contribution is -2.32. The molecule has 1 saturated heterocycles. The highest BCUT2D eigenvalue weighted by Crippen LogP contribution is 2.20. The molecule has 5 nitrogen and oxygen atoms in total. The molecule has 1 amide bonds. The second-order valence-electron chi connectivity index (χ2n) is 5.60. The van der Waals surface area contributed by atoms with Gasteiger partial charge in [-0.05, 0) is 51.4 Å². The van der Waals surface area contributed by atoms with Crippen molar-refractivity contribution >= 4 is 23.3 Å². The Morgan fingerprint density at radius 2 is 2.19 bits per heavy atom. The first kappa shape index (κ1) is 16.0. The monoisotopic (exact) mass is 310 g/mol. The molecule has 1 aromatic heterocycles. The quantitative estimate of drug-likeness (QED) is 0.876. The zero-order valence-electron chi connectivity index (χ0n) is 12.7. The average molecular weight is 311 g/mol. The summed E-state index contributed by atoms with van der Waals surface area (Å²) in [7, 11) is 3.90. The Kier molecular flexibility index (Phi) is 5.82. The molecule has 0 aliphatic carbocycles. The van der Waals surface area contributed by atoms with Crippen molar-refractivity contribution in [1.29, 1.82) is 0 Å². The summed E-state index contributed by atoms with van der Waals surface area (Å²) in [5.41, 5.74) is 0.502. The van der Waals surface area contributed by atoms with E-state index in [1.165, 1.54) is 12.8 Å². The van der Waals surface area contributed by atoms with Gasteiger partial charge in [0.1, 0.15) is 5.82 Å². The van der Waals surface area contributed by atoms with Gasteiger partial charge in [-0.1, -0.05) is 11.6 Å². The predicted octanol–water partition coefficient (Wildman–Crippen LogP) is 2.24. The molecular weight excluding hydrogens is 288 g/mol. The molecule has 6 heteroatoms. The Morgan fingerprint density at radius 1 is 1.48 bits per heavy atom. The van der Waals surface area contributed by atoms with Crippen LogP contribution in [0.4, 0.5) is 5.82 Å². The zero-order valence-corrected chi connectivity index (χ0v) is 13.4. The molecule has 21 heavy (non-hydrogen) atoms. The third kappa shape index (κ3) is 4.58. The van der Waals surface area contributed by atoms with Gasteiger partial charge in [0.15, 0.2) is 0 Å². The largest absolute Gasteiger partial charge is 0.372 e. The third-order valence-corrected chi connectivity index (χ3v) is 4.30. The number of hydrogen-bond acceptors (Lipinski definition) is 4. The number of piperidine rings is 1. The highest BCUT2D eigenvalue weighted by molar-refractivity contribution is 6.33. The van der Waals surface area contributed by atoms with Crippen molar-refractivity contribution < 1.29 is 4.79 Å². The maximum atomic E-state index is 12.1. The average Bonchev–Trinajstić information content (AvgIpc) is 2.49. The van der Waals surface area contributed by atoms with Crippen LogP contribution < -0.4 is 10.6 Å². The van der Waals surface area contributed by atoms with Crippen molar-refractivity contribution in [1.82, 2.24) is 15.2 Å². The van der Waals surface area contributed by atoms with E-state index in [1.54, 1.807) is 19.3 Å². The van der Waals surface area contributed by atoms with Gasteiger partial charge in [-0.15, -0.1) is 0 Å². The second-order valence-corrected chi connectivity index (χ2v) is 6.00. The molecule has 0 atom stereocenters. The second kappa shape index (κ2) is 7.61. The number of nitrogens with one attached hydrogen (secondary N) is 2. The van der Waals surface area contributed by atoms with Gasteiger partial charge >= 0.3 is 0 Å². The molecule has 0 spiro atoms. The van der Waals surface area contributed by atoms with E-state index < -0.39 is 0 Å². The van der Waals surface area contributed by atoms with Crippen LogP contribution in [0.1, 0.15) is 29.6 Å². The van der Waals surface area contributed by atoms with Crippen molar-refractivity contribution in [2.24, 2.45) is 5.92 Å². The topological polar surface area (TPSA) is 57.3 Å². The van der Waals surface area contributed by atoms with Gasteiger partial charge in [0.05, 0.1) is 10.6 Å². The number of pyridine rings is 1. The summed E-state index contributed by atoms with van der Waals surface area (Å²) in [6.07, 6.45) is 5.02. The Balaban J connectivity index is 1.78. The number of amides is 1. The molecule has 2 heterocycles. The highest BCUT2D eigenvalue weighted by Gasteiger charge is 2.16. The summed E-state index contributed by atoms with van der Waals surface area (Å²) in [4.78, 5) is 18.5.